The smallest absolute Gasteiger partial charge is 0.329 e. The summed E-state index contributed by atoms with van der Waals surface area (Å²) in [6, 6.07) is -0.460. The summed E-state index contributed by atoms with van der Waals surface area (Å²) in [4.78, 5) is 24.9. The highest BCUT2D eigenvalue weighted by Gasteiger charge is 2.48. The van der Waals surface area contributed by atoms with Crippen molar-refractivity contribution in [1.29, 1.82) is 0 Å². The van der Waals surface area contributed by atoms with Gasteiger partial charge in [-0.1, -0.05) is 0 Å². The molecule has 1 saturated carbocycles. The second kappa shape index (κ2) is 7.44. The van der Waals surface area contributed by atoms with E-state index in [4.69, 9.17) is 4.74 Å². The Hall–Kier alpha value is -1.34. The lowest BCUT2D eigenvalue weighted by molar-refractivity contribution is -0.144. The third-order valence-electron chi connectivity index (χ3n) is 3.43. The van der Waals surface area contributed by atoms with E-state index in [0.29, 0.717) is 19.8 Å². The molecule has 0 aromatic rings. The summed E-state index contributed by atoms with van der Waals surface area (Å²) in [5.41, 5.74) is -1.17. The van der Waals surface area contributed by atoms with Gasteiger partial charge in [0.15, 0.2) is 0 Å². The maximum absolute atomic E-state index is 11.7. The van der Waals surface area contributed by atoms with Gasteiger partial charge in [-0.3, -0.25) is 0 Å². The molecule has 0 aromatic heterocycles. The van der Waals surface area contributed by atoms with E-state index in [1.54, 1.807) is 6.92 Å². The Balaban J connectivity index is 2.18. The molecule has 20 heavy (non-hydrogen) atoms. The van der Waals surface area contributed by atoms with Crippen LogP contribution in [0, 0.1) is 5.92 Å². The summed E-state index contributed by atoms with van der Waals surface area (Å²) in [7, 11) is 3.92. The first kappa shape index (κ1) is 16.7. The second-order valence-corrected chi connectivity index (χ2v) is 5.58. The molecule has 1 unspecified atom stereocenters. The fourth-order valence-electron chi connectivity index (χ4n) is 1.86. The molecule has 7 heteroatoms. The monoisotopic (exact) mass is 287 g/mol. The number of ether oxygens (including phenoxy) is 1. The molecule has 0 aliphatic heterocycles. The van der Waals surface area contributed by atoms with Crippen LogP contribution in [0.15, 0.2) is 0 Å². The molecule has 0 saturated heterocycles. The van der Waals surface area contributed by atoms with Crippen LogP contribution in [0.4, 0.5) is 4.79 Å². The predicted octanol–water partition coefficient (Wildman–Crippen LogP) is 0.117. The zero-order chi connectivity index (χ0) is 15.2. The van der Waals surface area contributed by atoms with Gasteiger partial charge in [-0.15, -0.1) is 0 Å². The van der Waals surface area contributed by atoms with Gasteiger partial charge in [-0.25, -0.2) is 9.59 Å². The number of nitrogens with one attached hydrogen (secondary N) is 2. The summed E-state index contributed by atoms with van der Waals surface area (Å²) < 4.78 is 5.33. The average Bonchev–Trinajstić information content (AvgIpc) is 3.17. The van der Waals surface area contributed by atoms with Crippen molar-refractivity contribution in [3.63, 3.8) is 0 Å². The highest BCUT2D eigenvalue weighted by atomic mass is 16.5. The number of carboxylic acids is 1. The van der Waals surface area contributed by atoms with Crippen LogP contribution in [0.1, 0.15) is 19.8 Å². The highest BCUT2D eigenvalue weighted by molar-refractivity contribution is 5.86. The lowest BCUT2D eigenvalue weighted by atomic mass is 9.96. The molecule has 2 amide bonds. The minimum Gasteiger partial charge on any atom is -0.480 e. The summed E-state index contributed by atoms with van der Waals surface area (Å²) in [6.07, 6.45) is 1.69. The topological polar surface area (TPSA) is 90.9 Å². The number of hydrogen-bond acceptors (Lipinski definition) is 4. The fraction of sp³-hybridized carbons (Fsp3) is 0.846. The Morgan fingerprint density at radius 3 is 2.50 bits per heavy atom. The molecular weight excluding hydrogens is 262 g/mol. The van der Waals surface area contributed by atoms with Crippen molar-refractivity contribution in [1.82, 2.24) is 15.5 Å². The average molecular weight is 287 g/mol. The van der Waals surface area contributed by atoms with Gasteiger partial charge in [0.2, 0.25) is 0 Å². The zero-order valence-corrected chi connectivity index (χ0v) is 12.4. The fourth-order valence-corrected chi connectivity index (χ4v) is 1.86. The minimum absolute atomic E-state index is 0.0297. The van der Waals surface area contributed by atoms with E-state index in [0.717, 1.165) is 19.4 Å². The van der Waals surface area contributed by atoms with Crippen LogP contribution in [-0.4, -0.2) is 67.9 Å². The van der Waals surface area contributed by atoms with Gasteiger partial charge in [0.05, 0.1) is 13.2 Å². The van der Waals surface area contributed by atoms with Gasteiger partial charge in [0, 0.05) is 13.1 Å². The van der Waals surface area contributed by atoms with Crippen LogP contribution in [0.5, 0.6) is 0 Å². The molecular formula is C13H25N3O4. The van der Waals surface area contributed by atoms with Gasteiger partial charge in [-0.2, -0.15) is 0 Å². The molecule has 1 rings (SSSR count). The Labute approximate surface area is 119 Å². The van der Waals surface area contributed by atoms with E-state index in [1.165, 1.54) is 0 Å². The van der Waals surface area contributed by atoms with Crippen LogP contribution >= 0.6 is 0 Å². The van der Waals surface area contributed by atoms with E-state index < -0.39 is 17.5 Å². The molecule has 1 aliphatic carbocycles. The van der Waals surface area contributed by atoms with Crippen LogP contribution < -0.4 is 10.6 Å². The summed E-state index contributed by atoms with van der Waals surface area (Å²) >= 11 is 0. The van der Waals surface area contributed by atoms with Gasteiger partial charge in [-0.05, 0) is 39.8 Å². The summed E-state index contributed by atoms with van der Waals surface area (Å²) in [5, 5.41) is 14.4. The summed E-state index contributed by atoms with van der Waals surface area (Å²) in [6.45, 7) is 3.75. The van der Waals surface area contributed by atoms with Gasteiger partial charge in [0.1, 0.15) is 5.54 Å². The van der Waals surface area contributed by atoms with Crippen LogP contribution in [0.3, 0.4) is 0 Å². The van der Waals surface area contributed by atoms with E-state index >= 15 is 0 Å². The van der Waals surface area contributed by atoms with E-state index in [2.05, 4.69) is 10.6 Å². The molecule has 1 atom stereocenters. The largest absolute Gasteiger partial charge is 0.480 e. The van der Waals surface area contributed by atoms with Gasteiger partial charge in [0.25, 0.3) is 0 Å². The lowest BCUT2D eigenvalue weighted by Gasteiger charge is -2.26. The number of hydrogen-bond donors (Lipinski definition) is 3. The van der Waals surface area contributed by atoms with Crippen molar-refractivity contribution in [3.8, 4) is 0 Å². The number of carboxylic acid groups (broad SMARTS) is 1. The standard InChI is InChI=1S/C13H25N3O4/c1-13(11(17)18,10-4-5-10)15-12(19)14-6-8-20-9-7-16(2)3/h10H,4-9H2,1-3H3,(H,17,18)(H2,14,15,19). The van der Waals surface area contributed by atoms with Crippen molar-refractivity contribution >= 4 is 12.0 Å². The van der Waals surface area contributed by atoms with Crippen molar-refractivity contribution < 1.29 is 19.4 Å². The van der Waals surface area contributed by atoms with Crippen molar-refractivity contribution in [2.45, 2.75) is 25.3 Å². The van der Waals surface area contributed by atoms with E-state index in [1.807, 2.05) is 19.0 Å². The van der Waals surface area contributed by atoms with Crippen LogP contribution in [0.25, 0.3) is 0 Å². The molecule has 0 aromatic carbocycles. The third-order valence-corrected chi connectivity index (χ3v) is 3.43. The maximum Gasteiger partial charge on any atom is 0.329 e. The zero-order valence-electron chi connectivity index (χ0n) is 12.4. The number of carbonyl (C=O) groups excluding carboxylic acids is 1. The van der Waals surface area contributed by atoms with Crippen molar-refractivity contribution in [2.75, 3.05) is 40.4 Å². The SMILES string of the molecule is CN(C)CCOCCNC(=O)NC(C)(C(=O)O)C1CC1. The molecule has 1 aliphatic rings. The van der Waals surface area contributed by atoms with Crippen LogP contribution in [0.2, 0.25) is 0 Å². The number of amides is 2. The van der Waals surface area contributed by atoms with Gasteiger partial charge >= 0.3 is 12.0 Å². The van der Waals surface area contributed by atoms with Gasteiger partial charge < -0.3 is 25.4 Å². The Kier molecular flexibility index (Phi) is 6.22. The van der Waals surface area contributed by atoms with Crippen molar-refractivity contribution in [3.05, 3.63) is 0 Å². The van der Waals surface area contributed by atoms with E-state index in [9.17, 15) is 14.7 Å². The number of urea groups is 1. The molecule has 3 N–H and O–H groups in total. The quantitative estimate of drug-likeness (QED) is 0.524. The molecule has 0 bridgehead atoms. The molecule has 0 spiro atoms. The Bertz CT molecular complexity index is 345. The molecule has 1 fully saturated rings. The number of likely N-dealkylation sites (N-methyl/N-ethyl adjacent to an activating group) is 1. The normalized spacial score (nSPS) is 17.6. The molecule has 0 radical (unpaired) electrons. The van der Waals surface area contributed by atoms with Crippen molar-refractivity contribution in [2.24, 2.45) is 5.92 Å². The van der Waals surface area contributed by atoms with Crippen LogP contribution in [-0.2, 0) is 9.53 Å². The number of nitrogens with zero attached hydrogens (tertiary/aromatic N) is 1. The molecule has 7 nitrogen and oxygen atoms in total. The Morgan fingerprint density at radius 2 is 2.00 bits per heavy atom. The first-order valence-corrected chi connectivity index (χ1v) is 6.88. The minimum atomic E-state index is -1.17. The summed E-state index contributed by atoms with van der Waals surface area (Å²) in [5.74, 6) is -0.959. The van der Waals surface area contributed by atoms with E-state index in [-0.39, 0.29) is 5.92 Å². The Morgan fingerprint density at radius 1 is 1.35 bits per heavy atom. The molecule has 0 heterocycles. The third kappa shape index (κ3) is 5.34. The lowest BCUT2D eigenvalue weighted by Crippen LogP contribution is -2.57. The number of carbonyl (C=O) groups is 2. The predicted molar refractivity (Wildman–Crippen MR) is 74.7 cm³/mol. The first-order chi connectivity index (χ1) is 9.36. The maximum atomic E-state index is 11.7. The number of rotatable bonds is 9. The molecule has 116 valence electrons. The highest BCUT2D eigenvalue weighted by Crippen LogP contribution is 2.39. The first-order valence-electron chi connectivity index (χ1n) is 6.88. The number of aliphatic carboxylic acids is 1. The second-order valence-electron chi connectivity index (χ2n) is 5.58.